The molecule has 0 unspecified atom stereocenters. The lowest BCUT2D eigenvalue weighted by Crippen LogP contribution is -2.17. The highest BCUT2D eigenvalue weighted by Crippen LogP contribution is 2.53. The molecule has 0 saturated heterocycles. The molecular weight excluding hydrogens is 586 g/mol. The molecule has 0 heterocycles. The minimum absolute atomic E-state index is 0.0651. The van der Waals surface area contributed by atoms with E-state index >= 15 is 0 Å². The first-order chi connectivity index (χ1) is 20.9. The molecule has 6 nitrogen and oxygen atoms in total. The highest BCUT2D eigenvalue weighted by atomic mass is 19.4. The van der Waals surface area contributed by atoms with Crippen molar-refractivity contribution >= 4 is 5.57 Å². The second-order valence-electron chi connectivity index (χ2n) is 9.24. The van der Waals surface area contributed by atoms with E-state index in [-0.39, 0.29) is 61.2 Å². The number of ether oxygens (including phenoxy) is 2. The number of nitriles is 4. The largest absolute Gasteiger partial charge is 0.573 e. The summed E-state index contributed by atoms with van der Waals surface area (Å²) in [7, 11) is 0. The fourth-order valence-corrected chi connectivity index (χ4v) is 4.89. The number of nitrogens with zero attached hydrogens (tertiary/aromatic N) is 4. The number of hydrogen-bond donors (Lipinski definition) is 0. The summed E-state index contributed by atoms with van der Waals surface area (Å²) in [4.78, 5) is 0. The predicted molar refractivity (Wildman–Crippen MR) is 143 cm³/mol. The molecule has 0 aromatic heterocycles. The van der Waals surface area contributed by atoms with Gasteiger partial charge in [0.1, 0.15) is 29.2 Å². The van der Waals surface area contributed by atoms with E-state index in [9.17, 15) is 36.9 Å². The van der Waals surface area contributed by atoms with Gasteiger partial charge in [0.15, 0.2) is 0 Å². The first kappa shape index (κ1) is 29.3. The first-order valence-corrected chi connectivity index (χ1v) is 12.3. The van der Waals surface area contributed by atoms with Gasteiger partial charge < -0.3 is 9.47 Å². The van der Waals surface area contributed by atoms with E-state index < -0.39 is 29.8 Å². The SMILES string of the molecule is N#CC(C#N)=C1c2cc(OC(F)(F)F)c(-c3ccc(C#N)cc3)cc2-c2cc(-c3ccc(C#N)cc3)c(OC(F)(F)F)cc21. The van der Waals surface area contributed by atoms with Crippen LogP contribution in [-0.4, -0.2) is 12.7 Å². The van der Waals surface area contributed by atoms with Crippen LogP contribution in [0.1, 0.15) is 22.3 Å². The number of hydrogen-bond acceptors (Lipinski definition) is 6. The molecule has 0 N–H and O–H groups in total. The molecule has 0 atom stereocenters. The van der Waals surface area contributed by atoms with Crippen molar-refractivity contribution in [2.75, 3.05) is 0 Å². The topological polar surface area (TPSA) is 114 Å². The first-order valence-electron chi connectivity index (χ1n) is 12.3. The van der Waals surface area contributed by atoms with Gasteiger partial charge in [-0.25, -0.2) is 0 Å². The lowest BCUT2D eigenvalue weighted by atomic mass is 9.94. The van der Waals surface area contributed by atoms with E-state index in [0.717, 1.165) is 12.1 Å². The van der Waals surface area contributed by atoms with Gasteiger partial charge in [-0.15, -0.1) is 26.3 Å². The van der Waals surface area contributed by atoms with Crippen molar-refractivity contribution in [1.29, 1.82) is 21.0 Å². The molecule has 0 bridgehead atoms. The maximum absolute atomic E-state index is 13.5. The third-order valence-corrected chi connectivity index (χ3v) is 6.64. The Hall–Kier alpha value is -6.24. The van der Waals surface area contributed by atoms with Gasteiger partial charge in [-0.2, -0.15) is 21.0 Å². The lowest BCUT2D eigenvalue weighted by Gasteiger charge is -2.17. The van der Waals surface area contributed by atoms with E-state index in [2.05, 4.69) is 9.47 Å². The van der Waals surface area contributed by atoms with Crippen LogP contribution in [0.15, 0.2) is 78.4 Å². The Morgan fingerprint density at radius 1 is 0.500 bits per heavy atom. The van der Waals surface area contributed by atoms with Crippen molar-refractivity contribution in [3.05, 3.63) is 101 Å². The molecule has 0 amide bonds. The van der Waals surface area contributed by atoms with Gasteiger partial charge in [-0.05, 0) is 81.9 Å². The highest BCUT2D eigenvalue weighted by molar-refractivity contribution is 6.07. The minimum Gasteiger partial charge on any atom is -0.405 e. The number of fused-ring (bicyclic) bond motifs is 3. The Kier molecular flexibility index (Phi) is 7.23. The Bertz CT molecular complexity index is 1870. The molecule has 1 aliphatic carbocycles. The van der Waals surface area contributed by atoms with Gasteiger partial charge >= 0.3 is 12.7 Å². The third kappa shape index (κ3) is 5.61. The summed E-state index contributed by atoms with van der Waals surface area (Å²) in [5, 5.41) is 37.7. The maximum atomic E-state index is 13.5. The van der Waals surface area contributed by atoms with Gasteiger partial charge in [0, 0.05) is 16.7 Å². The van der Waals surface area contributed by atoms with Crippen molar-refractivity contribution in [3.63, 3.8) is 0 Å². The Balaban J connectivity index is 1.86. The van der Waals surface area contributed by atoms with Gasteiger partial charge in [0.05, 0.1) is 23.3 Å². The number of alkyl halides is 6. The fourth-order valence-electron chi connectivity index (χ4n) is 4.89. The summed E-state index contributed by atoms with van der Waals surface area (Å²) in [6.07, 6.45) is -10.3. The molecule has 4 aromatic carbocycles. The summed E-state index contributed by atoms with van der Waals surface area (Å²) in [5.74, 6) is -1.42. The number of allylic oxidation sites excluding steroid dienone is 1. The molecule has 0 radical (unpaired) electrons. The molecule has 44 heavy (non-hydrogen) atoms. The van der Waals surface area contributed by atoms with Crippen molar-refractivity contribution < 1.29 is 35.8 Å². The summed E-state index contributed by atoms with van der Waals surface area (Å²) >= 11 is 0. The fraction of sp³-hybridized carbons (Fsp3) is 0.0625. The molecule has 0 fully saturated rings. The predicted octanol–water partition coefficient (Wildman–Crippen LogP) is 8.39. The molecule has 12 heteroatoms. The van der Waals surface area contributed by atoms with Crippen LogP contribution in [0.5, 0.6) is 11.5 Å². The second-order valence-corrected chi connectivity index (χ2v) is 9.24. The molecule has 1 aliphatic rings. The summed E-state index contributed by atoms with van der Waals surface area (Å²) in [5.41, 5.74) is 0.226. The lowest BCUT2D eigenvalue weighted by molar-refractivity contribution is -0.275. The Morgan fingerprint density at radius 3 is 1.16 bits per heavy atom. The molecule has 5 rings (SSSR count). The Morgan fingerprint density at radius 2 is 0.864 bits per heavy atom. The monoisotopic (exact) mass is 598 g/mol. The molecule has 0 spiro atoms. The zero-order valence-corrected chi connectivity index (χ0v) is 21.8. The van der Waals surface area contributed by atoms with E-state index in [1.54, 1.807) is 12.1 Å². The molecular formula is C32H12F6N4O2. The number of rotatable bonds is 4. The van der Waals surface area contributed by atoms with Crippen LogP contribution >= 0.6 is 0 Å². The smallest absolute Gasteiger partial charge is 0.405 e. The van der Waals surface area contributed by atoms with Crippen molar-refractivity contribution in [1.82, 2.24) is 0 Å². The van der Waals surface area contributed by atoms with Gasteiger partial charge in [-0.1, -0.05) is 24.3 Å². The van der Waals surface area contributed by atoms with Crippen LogP contribution in [0.2, 0.25) is 0 Å². The molecule has 0 aliphatic heterocycles. The van der Waals surface area contributed by atoms with Crippen LogP contribution in [0.25, 0.3) is 39.0 Å². The molecule has 4 aromatic rings. The van der Waals surface area contributed by atoms with E-state index in [0.29, 0.717) is 0 Å². The van der Waals surface area contributed by atoms with E-state index in [1.807, 2.05) is 12.1 Å². The van der Waals surface area contributed by atoms with Crippen molar-refractivity contribution in [2.24, 2.45) is 0 Å². The van der Waals surface area contributed by atoms with Crippen molar-refractivity contribution in [3.8, 4) is 69.2 Å². The molecule has 0 saturated carbocycles. The highest BCUT2D eigenvalue weighted by Gasteiger charge is 2.37. The quantitative estimate of drug-likeness (QED) is 0.152. The van der Waals surface area contributed by atoms with Crippen LogP contribution in [-0.2, 0) is 0 Å². The van der Waals surface area contributed by atoms with Gasteiger partial charge in [0.25, 0.3) is 0 Å². The van der Waals surface area contributed by atoms with Crippen molar-refractivity contribution in [2.45, 2.75) is 12.7 Å². The Labute approximate surface area is 245 Å². The van der Waals surface area contributed by atoms with E-state index in [1.165, 1.54) is 60.7 Å². The normalized spacial score (nSPS) is 11.7. The van der Waals surface area contributed by atoms with Crippen LogP contribution in [0.3, 0.4) is 0 Å². The third-order valence-electron chi connectivity index (χ3n) is 6.64. The average molecular weight is 598 g/mol. The maximum Gasteiger partial charge on any atom is 0.573 e. The van der Waals surface area contributed by atoms with Crippen LogP contribution < -0.4 is 9.47 Å². The van der Waals surface area contributed by atoms with Gasteiger partial charge in [-0.3, -0.25) is 0 Å². The minimum atomic E-state index is -5.16. The zero-order valence-electron chi connectivity index (χ0n) is 21.8. The zero-order chi connectivity index (χ0) is 31.8. The molecule has 214 valence electrons. The van der Waals surface area contributed by atoms with Gasteiger partial charge in [0.2, 0.25) is 0 Å². The number of benzene rings is 4. The average Bonchev–Trinajstić information content (AvgIpc) is 3.27. The summed E-state index contributed by atoms with van der Waals surface area (Å²) < 4.78 is 89.9. The van der Waals surface area contributed by atoms with Crippen LogP contribution in [0.4, 0.5) is 26.3 Å². The second kappa shape index (κ2) is 10.9. The number of halogens is 6. The summed E-state index contributed by atoms with van der Waals surface area (Å²) in [6.45, 7) is 0. The standard InChI is InChI=1S/C32H12F6N4O2/c33-31(34,35)43-28-11-26-24(9-22(28)19-5-1-17(13-39)2-6-19)25-10-23(20-7-3-18(14-40)4-8-20)29(44-32(36,37)38)12-27(25)30(26)21(15-41)16-42/h1-12H. The van der Waals surface area contributed by atoms with E-state index in [4.69, 9.17) is 10.5 Å². The summed E-state index contributed by atoms with van der Waals surface area (Å²) in [6, 6.07) is 22.8. The van der Waals surface area contributed by atoms with Crippen LogP contribution in [0, 0.1) is 45.3 Å².